The Morgan fingerprint density at radius 3 is 2.68 bits per heavy atom. The van der Waals surface area contributed by atoms with E-state index in [-0.39, 0.29) is 12.7 Å². The number of aromatic nitrogens is 1. The van der Waals surface area contributed by atoms with E-state index < -0.39 is 17.0 Å². The van der Waals surface area contributed by atoms with Gasteiger partial charge >= 0.3 is 6.18 Å². The van der Waals surface area contributed by atoms with Gasteiger partial charge in [-0.1, -0.05) is 11.8 Å². The molecule has 1 atom stereocenters. The van der Waals surface area contributed by atoms with Crippen LogP contribution in [0.2, 0.25) is 0 Å². The molecule has 2 heterocycles. The van der Waals surface area contributed by atoms with Crippen molar-refractivity contribution in [2.75, 3.05) is 12.1 Å². The van der Waals surface area contributed by atoms with E-state index in [1.807, 2.05) is 0 Å². The zero-order chi connectivity index (χ0) is 18.0. The van der Waals surface area contributed by atoms with Gasteiger partial charge in [-0.15, -0.1) is 0 Å². The molecule has 9 heteroatoms. The van der Waals surface area contributed by atoms with Crippen LogP contribution >= 0.6 is 11.8 Å². The fourth-order valence-corrected chi connectivity index (χ4v) is 2.86. The van der Waals surface area contributed by atoms with Crippen LogP contribution in [-0.2, 0) is 11.0 Å². The highest BCUT2D eigenvalue weighted by Gasteiger charge is 2.30. The van der Waals surface area contributed by atoms with Crippen LogP contribution < -0.4 is 14.8 Å². The number of pyridine rings is 1. The summed E-state index contributed by atoms with van der Waals surface area (Å²) in [5.74, 6) is 0.849. The van der Waals surface area contributed by atoms with Crippen LogP contribution in [-0.4, -0.2) is 22.9 Å². The minimum atomic E-state index is -4.43. The van der Waals surface area contributed by atoms with Gasteiger partial charge in [-0.2, -0.15) is 13.2 Å². The minimum absolute atomic E-state index is 0.137. The van der Waals surface area contributed by atoms with Crippen molar-refractivity contribution in [1.29, 1.82) is 0 Å². The van der Waals surface area contributed by atoms with Crippen molar-refractivity contribution < 1.29 is 27.4 Å². The van der Waals surface area contributed by atoms with Crippen LogP contribution in [0.5, 0.6) is 11.5 Å². The average Bonchev–Trinajstić information content (AvgIpc) is 3.02. The molecule has 0 saturated heterocycles. The number of halogens is 3. The van der Waals surface area contributed by atoms with Crippen LogP contribution in [0, 0.1) is 0 Å². The first-order valence-electron chi connectivity index (χ1n) is 7.23. The van der Waals surface area contributed by atoms with Crippen LogP contribution in [0.15, 0.2) is 41.6 Å². The van der Waals surface area contributed by atoms with Gasteiger partial charge in [-0.3, -0.25) is 4.79 Å². The topological polar surface area (TPSA) is 60.5 Å². The Morgan fingerprint density at radius 2 is 2.00 bits per heavy atom. The summed E-state index contributed by atoms with van der Waals surface area (Å²) in [6.07, 6.45) is -3.68. The fourth-order valence-electron chi connectivity index (χ4n) is 2.07. The van der Waals surface area contributed by atoms with Crippen LogP contribution in [0.4, 0.5) is 18.9 Å². The molecule has 5 nitrogen and oxygen atoms in total. The molecule has 1 unspecified atom stereocenters. The largest absolute Gasteiger partial charge is 0.454 e. The van der Waals surface area contributed by atoms with Gasteiger partial charge in [0.1, 0.15) is 0 Å². The Morgan fingerprint density at radius 1 is 1.24 bits per heavy atom. The molecule has 1 amide bonds. The lowest BCUT2D eigenvalue weighted by atomic mass is 10.2. The summed E-state index contributed by atoms with van der Waals surface area (Å²) in [7, 11) is 0. The Labute approximate surface area is 145 Å². The van der Waals surface area contributed by atoms with E-state index in [4.69, 9.17) is 9.47 Å². The number of nitrogens with zero attached hydrogens (tertiary/aromatic N) is 1. The van der Waals surface area contributed by atoms with Crippen molar-refractivity contribution in [3.63, 3.8) is 0 Å². The van der Waals surface area contributed by atoms with E-state index in [1.165, 1.54) is 6.07 Å². The molecule has 0 radical (unpaired) electrons. The molecule has 3 rings (SSSR count). The zero-order valence-corrected chi connectivity index (χ0v) is 13.8. The van der Waals surface area contributed by atoms with E-state index in [9.17, 15) is 18.0 Å². The number of rotatable bonds is 4. The Kier molecular flexibility index (Phi) is 4.76. The molecule has 1 aliphatic rings. The molecule has 0 aliphatic carbocycles. The molecule has 0 saturated carbocycles. The molecule has 25 heavy (non-hydrogen) atoms. The normalized spacial score (nSPS) is 14.2. The molecule has 1 aliphatic heterocycles. The number of carbonyl (C=O) groups excluding carboxylic acids is 1. The van der Waals surface area contributed by atoms with Gasteiger partial charge < -0.3 is 14.8 Å². The molecule has 0 fully saturated rings. The Bertz CT molecular complexity index is 781. The molecule has 132 valence electrons. The van der Waals surface area contributed by atoms with Crippen LogP contribution in [0.1, 0.15) is 12.5 Å². The second kappa shape index (κ2) is 6.83. The van der Waals surface area contributed by atoms with Gasteiger partial charge in [0.25, 0.3) is 0 Å². The molecular weight excluding hydrogens is 357 g/mol. The van der Waals surface area contributed by atoms with Crippen molar-refractivity contribution in [3.05, 3.63) is 42.1 Å². The highest BCUT2D eigenvalue weighted by Crippen LogP contribution is 2.34. The van der Waals surface area contributed by atoms with E-state index in [0.717, 1.165) is 24.0 Å². The fraction of sp³-hybridized carbons (Fsp3) is 0.250. The SMILES string of the molecule is CC(Sc1ccc(C(F)(F)F)cn1)C(=O)Nc1ccc2c(c1)OCO2. The number of ether oxygens (including phenoxy) is 2. The van der Waals surface area contributed by atoms with Gasteiger partial charge in [-0.05, 0) is 31.2 Å². The maximum atomic E-state index is 12.5. The zero-order valence-electron chi connectivity index (χ0n) is 13.0. The second-order valence-electron chi connectivity index (χ2n) is 5.20. The number of carbonyl (C=O) groups is 1. The average molecular weight is 370 g/mol. The lowest BCUT2D eigenvalue weighted by molar-refractivity contribution is -0.137. The number of benzene rings is 1. The van der Waals surface area contributed by atoms with Crippen molar-refractivity contribution in [1.82, 2.24) is 4.98 Å². The third-order valence-electron chi connectivity index (χ3n) is 3.37. The number of hydrogen-bond acceptors (Lipinski definition) is 5. The lowest BCUT2D eigenvalue weighted by Crippen LogP contribution is -2.22. The Hall–Kier alpha value is -2.42. The molecule has 0 spiro atoms. The van der Waals surface area contributed by atoms with Gasteiger partial charge in [0.2, 0.25) is 12.7 Å². The molecule has 1 aromatic carbocycles. The first kappa shape index (κ1) is 17.4. The summed E-state index contributed by atoms with van der Waals surface area (Å²) in [6, 6.07) is 7.20. The van der Waals surface area contributed by atoms with E-state index in [1.54, 1.807) is 25.1 Å². The maximum absolute atomic E-state index is 12.5. The van der Waals surface area contributed by atoms with Crippen molar-refractivity contribution >= 4 is 23.4 Å². The molecule has 0 bridgehead atoms. The van der Waals surface area contributed by atoms with Gasteiger partial charge in [-0.25, -0.2) is 4.98 Å². The van der Waals surface area contributed by atoms with E-state index in [0.29, 0.717) is 22.2 Å². The monoisotopic (exact) mass is 370 g/mol. The number of nitrogens with one attached hydrogen (secondary N) is 1. The number of fused-ring (bicyclic) bond motifs is 1. The quantitative estimate of drug-likeness (QED) is 0.826. The van der Waals surface area contributed by atoms with Gasteiger partial charge in [0.05, 0.1) is 15.8 Å². The summed E-state index contributed by atoms with van der Waals surface area (Å²) in [4.78, 5) is 16.0. The molecule has 1 aromatic heterocycles. The highest BCUT2D eigenvalue weighted by atomic mass is 32.2. The van der Waals surface area contributed by atoms with Crippen molar-refractivity contribution in [2.24, 2.45) is 0 Å². The first-order chi connectivity index (χ1) is 11.8. The van der Waals surface area contributed by atoms with E-state index >= 15 is 0 Å². The first-order valence-corrected chi connectivity index (χ1v) is 8.11. The smallest absolute Gasteiger partial charge is 0.417 e. The predicted octanol–water partition coefficient (Wildman–Crippen LogP) is 3.95. The number of thioether (sulfide) groups is 1. The van der Waals surface area contributed by atoms with Gasteiger partial charge in [0.15, 0.2) is 11.5 Å². The maximum Gasteiger partial charge on any atom is 0.417 e. The number of amides is 1. The van der Waals surface area contributed by atoms with Crippen LogP contribution in [0.3, 0.4) is 0 Å². The second-order valence-corrected chi connectivity index (χ2v) is 6.56. The van der Waals surface area contributed by atoms with E-state index in [2.05, 4.69) is 10.3 Å². The third kappa shape index (κ3) is 4.16. The van der Waals surface area contributed by atoms with Gasteiger partial charge in [0, 0.05) is 18.0 Å². The molecular formula is C16H13F3N2O3S. The minimum Gasteiger partial charge on any atom is -0.454 e. The van der Waals surface area contributed by atoms with Crippen molar-refractivity contribution in [3.8, 4) is 11.5 Å². The summed E-state index contributed by atoms with van der Waals surface area (Å²) in [5.41, 5.74) is -0.281. The Balaban J connectivity index is 1.61. The van der Waals surface area contributed by atoms with Crippen LogP contribution in [0.25, 0.3) is 0 Å². The lowest BCUT2D eigenvalue weighted by Gasteiger charge is -2.12. The summed E-state index contributed by atoms with van der Waals surface area (Å²) in [5, 5.41) is 2.51. The standard InChI is InChI=1S/C16H13F3N2O3S/c1-9(25-14-5-2-10(7-20-14)16(17,18)19)15(22)21-11-3-4-12-13(6-11)24-8-23-12/h2-7,9H,8H2,1H3,(H,21,22). The molecule has 2 aromatic rings. The summed E-state index contributed by atoms with van der Waals surface area (Å²) >= 11 is 1.07. The predicted molar refractivity (Wildman–Crippen MR) is 85.8 cm³/mol. The summed E-state index contributed by atoms with van der Waals surface area (Å²) in [6.45, 7) is 1.78. The number of alkyl halides is 3. The number of anilines is 1. The molecule has 1 N–H and O–H groups in total. The highest BCUT2D eigenvalue weighted by molar-refractivity contribution is 8.00. The number of hydrogen-bond donors (Lipinski definition) is 1. The third-order valence-corrected chi connectivity index (χ3v) is 4.42. The van der Waals surface area contributed by atoms with Crippen molar-refractivity contribution in [2.45, 2.75) is 23.4 Å². The summed E-state index contributed by atoms with van der Waals surface area (Å²) < 4.78 is 48.0.